The lowest BCUT2D eigenvalue weighted by molar-refractivity contribution is -0.121. The van der Waals surface area contributed by atoms with Crippen LogP contribution < -0.4 is 5.43 Å². The van der Waals surface area contributed by atoms with Crippen molar-refractivity contribution in [3.63, 3.8) is 0 Å². The van der Waals surface area contributed by atoms with E-state index in [0.717, 1.165) is 6.54 Å². The summed E-state index contributed by atoms with van der Waals surface area (Å²) in [5.41, 5.74) is 4.07. The average molecular weight is 190 g/mol. The first kappa shape index (κ1) is 9.21. The first-order valence-electron chi connectivity index (χ1n) is 4.86. The predicted octanol–water partition coefficient (Wildman–Crippen LogP) is 1.31. The summed E-state index contributed by atoms with van der Waals surface area (Å²) in [5.74, 6) is 0.119. The van der Waals surface area contributed by atoms with E-state index in [1.165, 1.54) is 5.56 Å². The highest BCUT2D eigenvalue weighted by Gasteiger charge is 2.25. The monoisotopic (exact) mass is 190 g/mol. The van der Waals surface area contributed by atoms with Crippen molar-refractivity contribution in [3.05, 3.63) is 35.9 Å². The van der Waals surface area contributed by atoms with Gasteiger partial charge in [0.25, 0.3) is 0 Å². The Kier molecular flexibility index (Phi) is 2.50. The molecule has 0 radical (unpaired) electrons. The number of hydrazine groups is 1. The summed E-state index contributed by atoms with van der Waals surface area (Å²) in [4.78, 5) is 11.1. The summed E-state index contributed by atoms with van der Waals surface area (Å²) in [6.07, 6.45) is 0.604. The molecule has 0 bridgehead atoms. The first-order chi connectivity index (χ1) is 6.75. The van der Waals surface area contributed by atoms with Gasteiger partial charge >= 0.3 is 0 Å². The number of nitrogens with one attached hydrogen (secondary N) is 1. The molecule has 1 aromatic carbocycles. The summed E-state index contributed by atoms with van der Waals surface area (Å²) in [6.45, 7) is 2.84. The minimum Gasteiger partial charge on any atom is -0.288 e. The van der Waals surface area contributed by atoms with Crippen LogP contribution in [-0.4, -0.2) is 17.0 Å². The van der Waals surface area contributed by atoms with Crippen LogP contribution in [0, 0.1) is 0 Å². The molecule has 0 unspecified atom stereocenters. The summed E-state index contributed by atoms with van der Waals surface area (Å²) < 4.78 is 0. The Bertz CT molecular complexity index is 323. The van der Waals surface area contributed by atoms with Gasteiger partial charge in [0.05, 0.1) is 0 Å². The summed E-state index contributed by atoms with van der Waals surface area (Å²) >= 11 is 0. The average Bonchev–Trinajstić information content (AvgIpc) is 2.47. The molecule has 74 valence electrons. The molecule has 1 aliphatic rings. The number of hydrogen-bond donors (Lipinski definition) is 1. The topological polar surface area (TPSA) is 32.3 Å². The van der Waals surface area contributed by atoms with Gasteiger partial charge in [0.2, 0.25) is 5.91 Å². The summed E-state index contributed by atoms with van der Waals surface area (Å²) in [6, 6.07) is 10.4. The molecule has 0 spiro atoms. The van der Waals surface area contributed by atoms with Gasteiger partial charge in [0, 0.05) is 19.0 Å². The SMILES string of the molecule is C[C@H]1CC(=O)NN1Cc1ccccc1. The number of amides is 1. The molecule has 3 nitrogen and oxygen atoms in total. The van der Waals surface area contributed by atoms with Gasteiger partial charge in [0.15, 0.2) is 0 Å². The Morgan fingerprint density at radius 3 is 2.71 bits per heavy atom. The van der Waals surface area contributed by atoms with Crippen molar-refractivity contribution < 1.29 is 4.79 Å². The van der Waals surface area contributed by atoms with E-state index in [9.17, 15) is 4.79 Å². The van der Waals surface area contributed by atoms with Gasteiger partial charge in [-0.2, -0.15) is 0 Å². The number of benzene rings is 1. The second-order valence-corrected chi connectivity index (χ2v) is 3.70. The van der Waals surface area contributed by atoms with Gasteiger partial charge < -0.3 is 0 Å². The van der Waals surface area contributed by atoms with Gasteiger partial charge in [0.1, 0.15) is 0 Å². The molecule has 1 aromatic rings. The predicted molar refractivity (Wildman–Crippen MR) is 54.2 cm³/mol. The molecular formula is C11H14N2O. The minimum atomic E-state index is 0.119. The van der Waals surface area contributed by atoms with E-state index in [4.69, 9.17) is 0 Å². The molecule has 1 fully saturated rings. The highest BCUT2D eigenvalue weighted by molar-refractivity contribution is 5.77. The van der Waals surface area contributed by atoms with Crippen molar-refractivity contribution in [3.8, 4) is 0 Å². The molecule has 1 saturated heterocycles. The van der Waals surface area contributed by atoms with Gasteiger partial charge in [-0.1, -0.05) is 30.3 Å². The van der Waals surface area contributed by atoms with E-state index in [-0.39, 0.29) is 5.91 Å². The molecule has 1 aliphatic heterocycles. The Hall–Kier alpha value is -1.35. The van der Waals surface area contributed by atoms with Crippen LogP contribution in [0.3, 0.4) is 0 Å². The molecule has 2 rings (SSSR count). The highest BCUT2D eigenvalue weighted by Crippen LogP contribution is 2.12. The highest BCUT2D eigenvalue weighted by atomic mass is 16.2. The smallest absolute Gasteiger partial charge is 0.235 e. The third-order valence-corrected chi connectivity index (χ3v) is 2.48. The van der Waals surface area contributed by atoms with Crippen LogP contribution in [0.1, 0.15) is 18.9 Å². The van der Waals surface area contributed by atoms with Crippen LogP contribution in [0.15, 0.2) is 30.3 Å². The van der Waals surface area contributed by atoms with Crippen molar-refractivity contribution in [2.75, 3.05) is 0 Å². The number of carbonyl (C=O) groups excluding carboxylic acids is 1. The Morgan fingerprint density at radius 2 is 2.14 bits per heavy atom. The maximum atomic E-state index is 11.1. The maximum absolute atomic E-state index is 11.1. The molecule has 1 heterocycles. The molecule has 0 aromatic heterocycles. The van der Waals surface area contributed by atoms with Crippen molar-refractivity contribution in [2.24, 2.45) is 0 Å². The lowest BCUT2D eigenvalue weighted by atomic mass is 10.2. The Labute approximate surface area is 83.7 Å². The zero-order chi connectivity index (χ0) is 9.97. The number of carbonyl (C=O) groups is 1. The largest absolute Gasteiger partial charge is 0.288 e. The zero-order valence-corrected chi connectivity index (χ0v) is 8.23. The van der Waals surface area contributed by atoms with Crippen LogP contribution in [0.2, 0.25) is 0 Å². The summed E-state index contributed by atoms with van der Waals surface area (Å²) in [5, 5.41) is 1.98. The maximum Gasteiger partial charge on any atom is 0.235 e. The van der Waals surface area contributed by atoms with Crippen LogP contribution in [-0.2, 0) is 11.3 Å². The van der Waals surface area contributed by atoms with E-state index in [2.05, 4.69) is 24.5 Å². The molecule has 14 heavy (non-hydrogen) atoms. The lowest BCUT2D eigenvalue weighted by Gasteiger charge is -2.19. The van der Waals surface area contributed by atoms with E-state index in [0.29, 0.717) is 12.5 Å². The van der Waals surface area contributed by atoms with E-state index < -0.39 is 0 Å². The van der Waals surface area contributed by atoms with Crippen molar-refractivity contribution in [1.29, 1.82) is 0 Å². The summed E-state index contributed by atoms with van der Waals surface area (Å²) in [7, 11) is 0. The first-order valence-corrected chi connectivity index (χ1v) is 4.86. The van der Waals surface area contributed by atoms with Gasteiger partial charge in [-0.15, -0.1) is 0 Å². The Balaban J connectivity index is 2.02. The number of hydrogen-bond acceptors (Lipinski definition) is 2. The third kappa shape index (κ3) is 1.93. The fourth-order valence-electron chi connectivity index (χ4n) is 1.67. The van der Waals surface area contributed by atoms with E-state index >= 15 is 0 Å². The second-order valence-electron chi connectivity index (χ2n) is 3.70. The van der Waals surface area contributed by atoms with Crippen molar-refractivity contribution >= 4 is 5.91 Å². The van der Waals surface area contributed by atoms with Gasteiger partial charge in [-0.05, 0) is 12.5 Å². The molecular weight excluding hydrogens is 176 g/mol. The van der Waals surface area contributed by atoms with Crippen LogP contribution in [0.4, 0.5) is 0 Å². The normalized spacial score (nSPS) is 22.4. The molecule has 1 amide bonds. The van der Waals surface area contributed by atoms with Crippen LogP contribution in [0.5, 0.6) is 0 Å². The van der Waals surface area contributed by atoms with Crippen LogP contribution >= 0.6 is 0 Å². The van der Waals surface area contributed by atoms with Crippen molar-refractivity contribution in [2.45, 2.75) is 25.9 Å². The second kappa shape index (κ2) is 3.80. The van der Waals surface area contributed by atoms with Crippen LogP contribution in [0.25, 0.3) is 0 Å². The Morgan fingerprint density at radius 1 is 1.43 bits per heavy atom. The van der Waals surface area contributed by atoms with E-state index in [1.807, 2.05) is 23.2 Å². The quantitative estimate of drug-likeness (QED) is 0.762. The lowest BCUT2D eigenvalue weighted by Crippen LogP contribution is -2.36. The van der Waals surface area contributed by atoms with Gasteiger partial charge in [-0.3, -0.25) is 10.2 Å². The molecule has 3 heteroatoms. The molecule has 1 N–H and O–H groups in total. The molecule has 1 atom stereocenters. The third-order valence-electron chi connectivity index (χ3n) is 2.48. The minimum absolute atomic E-state index is 0.119. The van der Waals surface area contributed by atoms with Gasteiger partial charge in [-0.25, -0.2) is 5.01 Å². The van der Waals surface area contributed by atoms with Crippen molar-refractivity contribution in [1.82, 2.24) is 10.4 Å². The molecule has 0 saturated carbocycles. The number of nitrogens with zero attached hydrogens (tertiary/aromatic N) is 1. The number of rotatable bonds is 2. The fourth-order valence-corrected chi connectivity index (χ4v) is 1.67. The standard InChI is InChI=1S/C11H14N2O/c1-9-7-11(14)12-13(9)8-10-5-3-2-4-6-10/h2-6,9H,7-8H2,1H3,(H,12,14)/t9-/m0/s1. The molecule has 0 aliphatic carbocycles. The fraction of sp³-hybridized carbons (Fsp3) is 0.364. The van der Waals surface area contributed by atoms with E-state index in [1.54, 1.807) is 0 Å². The zero-order valence-electron chi connectivity index (χ0n) is 8.23.